The molecular formula is C21H30IN5O2. The maximum atomic E-state index is 11.9. The van der Waals surface area contributed by atoms with Crippen LogP contribution in [0.5, 0.6) is 5.88 Å². The van der Waals surface area contributed by atoms with Gasteiger partial charge in [0.2, 0.25) is 5.88 Å². The number of carbonyl (C=O) groups excluding carboxylic acids is 1. The van der Waals surface area contributed by atoms with Gasteiger partial charge >= 0.3 is 0 Å². The number of aliphatic imine (C=N–C) groups is 1. The first kappa shape index (κ1) is 24.7. The number of carbonyl (C=O) groups is 1. The number of ether oxygens (including phenoxy) is 1. The SMILES string of the molecule is CN=C(NCc1ccc(C(=O)N(C)C)cc1)NCc1ccc(OC(C)C)nc1.I. The van der Waals surface area contributed by atoms with Crippen molar-refractivity contribution in [1.82, 2.24) is 20.5 Å². The van der Waals surface area contributed by atoms with Crippen LogP contribution in [0.4, 0.5) is 0 Å². The van der Waals surface area contributed by atoms with Gasteiger partial charge in [0.15, 0.2) is 5.96 Å². The van der Waals surface area contributed by atoms with Crippen LogP contribution in [0.3, 0.4) is 0 Å². The lowest BCUT2D eigenvalue weighted by Gasteiger charge is -2.13. The van der Waals surface area contributed by atoms with Crippen molar-refractivity contribution in [2.75, 3.05) is 21.1 Å². The number of benzene rings is 1. The van der Waals surface area contributed by atoms with E-state index in [-0.39, 0.29) is 36.0 Å². The molecule has 0 unspecified atom stereocenters. The molecule has 0 radical (unpaired) electrons. The number of hydrogen-bond acceptors (Lipinski definition) is 4. The minimum atomic E-state index is -0.00425. The van der Waals surface area contributed by atoms with E-state index in [1.165, 1.54) is 0 Å². The molecule has 8 heteroatoms. The van der Waals surface area contributed by atoms with Crippen LogP contribution in [0.15, 0.2) is 47.6 Å². The smallest absolute Gasteiger partial charge is 0.253 e. The molecule has 2 N–H and O–H groups in total. The Morgan fingerprint density at radius 3 is 2.14 bits per heavy atom. The molecular weight excluding hydrogens is 481 g/mol. The van der Waals surface area contributed by atoms with Crippen LogP contribution in [0, 0.1) is 0 Å². The Labute approximate surface area is 190 Å². The van der Waals surface area contributed by atoms with Crippen molar-refractivity contribution >= 4 is 35.8 Å². The van der Waals surface area contributed by atoms with Crippen LogP contribution in [0.1, 0.15) is 35.3 Å². The molecule has 1 heterocycles. The molecule has 0 aliphatic heterocycles. The lowest BCUT2D eigenvalue weighted by atomic mass is 10.1. The quantitative estimate of drug-likeness (QED) is 0.340. The van der Waals surface area contributed by atoms with Crippen molar-refractivity contribution in [2.24, 2.45) is 4.99 Å². The number of amides is 1. The highest BCUT2D eigenvalue weighted by Crippen LogP contribution is 2.09. The highest BCUT2D eigenvalue weighted by atomic mass is 127. The van der Waals surface area contributed by atoms with Crippen LogP contribution in [-0.2, 0) is 13.1 Å². The summed E-state index contributed by atoms with van der Waals surface area (Å²) < 4.78 is 5.55. The van der Waals surface area contributed by atoms with E-state index in [0.717, 1.165) is 11.1 Å². The topological polar surface area (TPSA) is 78.9 Å². The third-order valence-electron chi connectivity index (χ3n) is 3.90. The van der Waals surface area contributed by atoms with Gasteiger partial charge in [0.25, 0.3) is 5.91 Å². The molecule has 7 nitrogen and oxygen atoms in total. The van der Waals surface area contributed by atoms with Gasteiger partial charge in [-0.1, -0.05) is 18.2 Å². The summed E-state index contributed by atoms with van der Waals surface area (Å²) >= 11 is 0. The molecule has 29 heavy (non-hydrogen) atoms. The zero-order valence-electron chi connectivity index (χ0n) is 17.6. The summed E-state index contributed by atoms with van der Waals surface area (Å²) in [4.78, 5) is 22.0. The molecule has 0 fully saturated rings. The van der Waals surface area contributed by atoms with Gasteiger partial charge in [0.1, 0.15) is 0 Å². The average molecular weight is 511 g/mol. The van der Waals surface area contributed by atoms with Crippen LogP contribution in [0.25, 0.3) is 0 Å². The van der Waals surface area contributed by atoms with E-state index < -0.39 is 0 Å². The minimum absolute atomic E-state index is 0. The number of nitrogens with zero attached hydrogens (tertiary/aromatic N) is 3. The van der Waals surface area contributed by atoms with Crippen molar-refractivity contribution in [3.8, 4) is 5.88 Å². The molecule has 0 atom stereocenters. The minimum Gasteiger partial charge on any atom is -0.475 e. The zero-order valence-corrected chi connectivity index (χ0v) is 19.9. The summed E-state index contributed by atoms with van der Waals surface area (Å²) in [7, 11) is 5.22. The second kappa shape index (κ2) is 12.3. The van der Waals surface area contributed by atoms with Gasteiger partial charge in [-0.15, -0.1) is 24.0 Å². The number of pyridine rings is 1. The molecule has 1 amide bonds. The first-order valence-corrected chi connectivity index (χ1v) is 9.25. The van der Waals surface area contributed by atoms with Gasteiger partial charge in [-0.3, -0.25) is 9.79 Å². The average Bonchev–Trinajstić information content (AvgIpc) is 2.68. The number of halogens is 1. The highest BCUT2D eigenvalue weighted by molar-refractivity contribution is 14.0. The maximum Gasteiger partial charge on any atom is 0.253 e. The number of nitrogens with one attached hydrogen (secondary N) is 2. The first-order valence-electron chi connectivity index (χ1n) is 9.25. The van der Waals surface area contributed by atoms with Gasteiger partial charge < -0.3 is 20.3 Å². The number of hydrogen-bond donors (Lipinski definition) is 2. The third-order valence-corrected chi connectivity index (χ3v) is 3.90. The molecule has 0 bridgehead atoms. The number of aromatic nitrogens is 1. The summed E-state index contributed by atoms with van der Waals surface area (Å²) in [6.07, 6.45) is 1.90. The standard InChI is InChI=1S/C21H29N5O2.HI/c1-15(2)28-19-11-8-17(13-23-19)14-25-21(22-3)24-12-16-6-9-18(10-7-16)20(27)26(4)5;/h6-11,13,15H,12,14H2,1-5H3,(H2,22,24,25);1H. The zero-order chi connectivity index (χ0) is 20.5. The predicted molar refractivity (Wildman–Crippen MR) is 127 cm³/mol. The molecule has 0 aliphatic carbocycles. The van der Waals surface area contributed by atoms with E-state index in [9.17, 15) is 4.79 Å². The molecule has 0 saturated heterocycles. The molecule has 0 spiro atoms. The molecule has 158 valence electrons. The van der Waals surface area contributed by atoms with Gasteiger partial charge in [-0.05, 0) is 37.1 Å². The fraction of sp³-hybridized carbons (Fsp3) is 0.381. The normalized spacial score (nSPS) is 10.9. The van der Waals surface area contributed by atoms with Gasteiger partial charge in [-0.25, -0.2) is 4.98 Å². The predicted octanol–water partition coefficient (Wildman–Crippen LogP) is 3.05. The van der Waals surface area contributed by atoms with Crippen LogP contribution in [0.2, 0.25) is 0 Å². The van der Waals surface area contributed by atoms with Crippen molar-refractivity contribution in [1.29, 1.82) is 0 Å². The molecule has 2 rings (SSSR count). The van der Waals surface area contributed by atoms with E-state index in [0.29, 0.717) is 30.5 Å². The van der Waals surface area contributed by atoms with E-state index in [2.05, 4.69) is 20.6 Å². The first-order chi connectivity index (χ1) is 13.4. The second-order valence-corrected chi connectivity index (χ2v) is 6.85. The Kier molecular flexibility index (Phi) is 10.4. The Bertz CT molecular complexity index is 790. The van der Waals surface area contributed by atoms with Gasteiger partial charge in [-0.2, -0.15) is 0 Å². The lowest BCUT2D eigenvalue weighted by molar-refractivity contribution is 0.0827. The van der Waals surface area contributed by atoms with E-state index in [4.69, 9.17) is 4.74 Å². The summed E-state index contributed by atoms with van der Waals surface area (Å²) in [5.41, 5.74) is 2.77. The molecule has 0 aliphatic rings. The maximum absolute atomic E-state index is 11.9. The highest BCUT2D eigenvalue weighted by Gasteiger charge is 2.07. The fourth-order valence-corrected chi connectivity index (χ4v) is 2.44. The second-order valence-electron chi connectivity index (χ2n) is 6.85. The number of rotatable bonds is 7. The summed E-state index contributed by atoms with van der Waals surface area (Å²) in [5.74, 6) is 1.31. The summed E-state index contributed by atoms with van der Waals surface area (Å²) in [5, 5.41) is 6.52. The Morgan fingerprint density at radius 2 is 1.66 bits per heavy atom. The van der Waals surface area contributed by atoms with Gasteiger partial charge in [0.05, 0.1) is 6.10 Å². The van der Waals surface area contributed by atoms with E-state index in [1.807, 2.05) is 50.2 Å². The van der Waals surface area contributed by atoms with E-state index in [1.54, 1.807) is 32.2 Å². The fourth-order valence-electron chi connectivity index (χ4n) is 2.44. The molecule has 0 saturated carbocycles. The van der Waals surface area contributed by atoms with Gasteiger partial charge in [0, 0.05) is 52.1 Å². The van der Waals surface area contributed by atoms with Crippen molar-refractivity contribution in [2.45, 2.75) is 33.0 Å². The van der Waals surface area contributed by atoms with E-state index >= 15 is 0 Å². The Morgan fingerprint density at radius 1 is 1.07 bits per heavy atom. The third kappa shape index (κ3) is 8.26. The molecule has 1 aromatic heterocycles. The summed E-state index contributed by atoms with van der Waals surface area (Å²) in [6.45, 7) is 5.15. The largest absolute Gasteiger partial charge is 0.475 e. The molecule has 2 aromatic rings. The Balaban J connectivity index is 0.00000420. The lowest BCUT2D eigenvalue weighted by Crippen LogP contribution is -2.36. The van der Waals surface area contributed by atoms with Crippen LogP contribution < -0.4 is 15.4 Å². The van der Waals surface area contributed by atoms with Crippen molar-refractivity contribution < 1.29 is 9.53 Å². The Hall–Kier alpha value is -2.36. The summed E-state index contributed by atoms with van der Waals surface area (Å²) in [6, 6.07) is 11.4. The van der Waals surface area contributed by atoms with Crippen molar-refractivity contribution in [3.63, 3.8) is 0 Å². The van der Waals surface area contributed by atoms with Crippen molar-refractivity contribution in [3.05, 3.63) is 59.3 Å². The number of guanidine groups is 1. The molecule has 1 aromatic carbocycles. The monoisotopic (exact) mass is 511 g/mol. The van der Waals surface area contributed by atoms with Crippen LogP contribution >= 0.6 is 24.0 Å². The van der Waals surface area contributed by atoms with Crippen LogP contribution in [-0.4, -0.2) is 49.0 Å².